The van der Waals surface area contributed by atoms with Crippen molar-refractivity contribution in [3.05, 3.63) is 46.0 Å². The van der Waals surface area contributed by atoms with Crippen molar-refractivity contribution in [3.63, 3.8) is 0 Å². The average Bonchev–Trinajstić information content (AvgIpc) is 3.29. The predicted molar refractivity (Wildman–Crippen MR) is 114 cm³/mol. The molecule has 1 spiro atoms. The largest absolute Gasteiger partial charge is 0.469 e. The number of hydrogen-bond donors (Lipinski definition) is 0. The lowest BCUT2D eigenvalue weighted by molar-refractivity contribution is -0.384. The molecule has 0 amide bonds. The molecule has 160 valence electrons. The lowest BCUT2D eigenvalue weighted by Gasteiger charge is -2.58. The number of nitro groups is 1. The molecular formula is C23H29N3O4. The van der Waals surface area contributed by atoms with Crippen LogP contribution in [-0.2, 0) is 14.9 Å². The van der Waals surface area contributed by atoms with Crippen LogP contribution in [0.5, 0.6) is 0 Å². The Hall–Kier alpha value is -2.41. The summed E-state index contributed by atoms with van der Waals surface area (Å²) < 4.78 is 5.31. The van der Waals surface area contributed by atoms with Crippen LogP contribution in [0.15, 0.2) is 30.4 Å². The summed E-state index contributed by atoms with van der Waals surface area (Å²) >= 11 is 0. The van der Waals surface area contributed by atoms with Gasteiger partial charge in [-0.25, -0.2) is 0 Å². The number of nitrogens with zero attached hydrogens (tertiary/aromatic N) is 3. The summed E-state index contributed by atoms with van der Waals surface area (Å²) in [4.78, 5) is 29.3. The van der Waals surface area contributed by atoms with Crippen molar-refractivity contribution in [2.24, 2.45) is 11.3 Å². The number of anilines is 1. The van der Waals surface area contributed by atoms with Gasteiger partial charge in [-0.3, -0.25) is 19.8 Å². The van der Waals surface area contributed by atoms with Crippen molar-refractivity contribution in [2.45, 2.75) is 50.6 Å². The van der Waals surface area contributed by atoms with E-state index in [1.165, 1.54) is 7.11 Å². The highest BCUT2D eigenvalue weighted by molar-refractivity contribution is 5.79. The first-order valence-corrected chi connectivity index (χ1v) is 11.0. The molecule has 0 radical (unpaired) electrons. The van der Waals surface area contributed by atoms with Gasteiger partial charge in [-0.1, -0.05) is 19.1 Å². The van der Waals surface area contributed by atoms with E-state index >= 15 is 0 Å². The summed E-state index contributed by atoms with van der Waals surface area (Å²) in [5, 5.41) is 11.6. The van der Waals surface area contributed by atoms with Crippen molar-refractivity contribution in [1.29, 1.82) is 0 Å². The highest BCUT2D eigenvalue weighted by atomic mass is 16.6. The number of fused-ring (bicyclic) bond motifs is 1. The van der Waals surface area contributed by atoms with Gasteiger partial charge in [0.1, 0.15) is 0 Å². The average molecular weight is 412 g/mol. The number of hydrogen-bond acceptors (Lipinski definition) is 6. The molecule has 1 saturated carbocycles. The molecular weight excluding hydrogens is 382 g/mol. The van der Waals surface area contributed by atoms with Gasteiger partial charge in [-0.15, -0.1) is 0 Å². The quantitative estimate of drug-likeness (QED) is 0.328. The molecule has 1 aromatic rings. The van der Waals surface area contributed by atoms with Crippen molar-refractivity contribution >= 4 is 17.3 Å². The molecule has 0 aromatic heterocycles. The SMILES string of the molecule is CCN1c2ccc([N+](=O)[O-])cc2[C@@]23CCN4CC=C[C@@](CC)(C[C@H](C(=O)OC)[C@H]12)[C@H]43. The van der Waals surface area contributed by atoms with Crippen molar-refractivity contribution < 1.29 is 14.5 Å². The Bertz CT molecular complexity index is 946. The number of ether oxygens (including phenoxy) is 1. The summed E-state index contributed by atoms with van der Waals surface area (Å²) in [6, 6.07) is 5.49. The second-order valence-corrected chi connectivity index (χ2v) is 9.20. The van der Waals surface area contributed by atoms with Crippen LogP contribution in [-0.4, -0.2) is 54.6 Å². The van der Waals surface area contributed by atoms with Gasteiger partial charge in [0.15, 0.2) is 0 Å². The van der Waals surface area contributed by atoms with Crippen molar-refractivity contribution in [1.82, 2.24) is 4.90 Å². The summed E-state index contributed by atoms with van der Waals surface area (Å²) in [5.74, 6) is -0.427. The third-order valence-corrected chi connectivity index (χ3v) is 8.35. The van der Waals surface area contributed by atoms with Gasteiger partial charge >= 0.3 is 5.97 Å². The maximum atomic E-state index is 13.1. The topological polar surface area (TPSA) is 75.9 Å². The first-order valence-electron chi connectivity index (χ1n) is 11.0. The number of non-ortho nitro benzene ring substituents is 1. The number of benzene rings is 1. The molecule has 5 atom stereocenters. The monoisotopic (exact) mass is 411 g/mol. The van der Waals surface area contributed by atoms with E-state index in [0.29, 0.717) is 0 Å². The molecule has 0 bridgehead atoms. The van der Waals surface area contributed by atoms with Gasteiger partial charge in [0.2, 0.25) is 0 Å². The third kappa shape index (κ3) is 2.21. The lowest BCUT2D eigenvalue weighted by atomic mass is 9.50. The van der Waals surface area contributed by atoms with Crippen LogP contribution in [0.1, 0.15) is 38.7 Å². The van der Waals surface area contributed by atoms with Gasteiger partial charge < -0.3 is 9.64 Å². The first-order chi connectivity index (χ1) is 14.4. The molecule has 1 aliphatic carbocycles. The van der Waals surface area contributed by atoms with Crippen LogP contribution < -0.4 is 4.90 Å². The Balaban J connectivity index is 1.80. The van der Waals surface area contributed by atoms with Crippen LogP contribution in [0.3, 0.4) is 0 Å². The summed E-state index contributed by atoms with van der Waals surface area (Å²) in [7, 11) is 1.47. The van der Waals surface area contributed by atoms with Gasteiger partial charge in [-0.05, 0) is 44.4 Å². The van der Waals surface area contributed by atoms with Crippen LogP contribution in [0.4, 0.5) is 11.4 Å². The smallest absolute Gasteiger partial charge is 0.310 e. The number of nitro benzene ring substituents is 1. The standard InChI is InChI=1S/C23H29N3O4/c1-4-22-9-6-11-24-12-10-23(21(22)24)17-13-15(26(28)29)7-8-18(17)25(5-2)19(23)16(14-22)20(27)30-3/h6-9,13,16,19,21H,4-5,10-12,14H2,1-3H3/t16-,19-,21-,22-,23-/m0/s1. The second-order valence-electron chi connectivity index (χ2n) is 9.20. The van der Waals surface area contributed by atoms with Crippen LogP contribution in [0.25, 0.3) is 0 Å². The number of methoxy groups -OCH3 is 1. The van der Waals surface area contributed by atoms with E-state index in [-0.39, 0.29) is 45.4 Å². The zero-order valence-electron chi connectivity index (χ0n) is 17.8. The Morgan fingerprint density at radius 1 is 1.37 bits per heavy atom. The lowest BCUT2D eigenvalue weighted by Crippen LogP contribution is -2.67. The van der Waals surface area contributed by atoms with Crippen LogP contribution >= 0.6 is 0 Å². The van der Waals surface area contributed by atoms with Gasteiger partial charge in [0, 0.05) is 47.8 Å². The van der Waals surface area contributed by atoms with E-state index in [0.717, 1.165) is 50.1 Å². The molecule has 0 unspecified atom stereocenters. The minimum Gasteiger partial charge on any atom is -0.469 e. The second kappa shape index (κ2) is 6.54. The molecule has 5 rings (SSSR count). The van der Waals surface area contributed by atoms with Crippen molar-refractivity contribution in [2.75, 3.05) is 31.6 Å². The Labute approximate surface area is 176 Å². The fourth-order valence-corrected chi connectivity index (χ4v) is 7.41. The highest BCUT2D eigenvalue weighted by Crippen LogP contribution is 2.66. The van der Waals surface area contributed by atoms with Crippen LogP contribution in [0.2, 0.25) is 0 Å². The van der Waals surface area contributed by atoms with E-state index in [1.807, 2.05) is 6.07 Å². The molecule has 3 heterocycles. The van der Waals surface area contributed by atoms with E-state index in [2.05, 4.69) is 35.8 Å². The number of esters is 1. The number of rotatable bonds is 4. The third-order valence-electron chi connectivity index (χ3n) is 8.35. The predicted octanol–water partition coefficient (Wildman–Crippen LogP) is 3.27. The maximum absolute atomic E-state index is 13.1. The first kappa shape index (κ1) is 19.5. The van der Waals surface area contributed by atoms with Gasteiger partial charge in [0.05, 0.1) is 24.0 Å². The molecule has 30 heavy (non-hydrogen) atoms. The van der Waals surface area contributed by atoms with Gasteiger partial charge in [0.25, 0.3) is 5.69 Å². The molecule has 1 saturated heterocycles. The Kier molecular flexibility index (Phi) is 4.26. The fourth-order valence-electron chi connectivity index (χ4n) is 7.41. The molecule has 2 fully saturated rings. The highest BCUT2D eigenvalue weighted by Gasteiger charge is 2.70. The molecule has 3 aliphatic heterocycles. The number of likely N-dealkylation sites (N-methyl/N-ethyl adjacent to an activating group) is 1. The van der Waals surface area contributed by atoms with Gasteiger partial charge in [-0.2, -0.15) is 0 Å². The van der Waals surface area contributed by atoms with E-state index in [9.17, 15) is 14.9 Å². The molecule has 7 heteroatoms. The minimum atomic E-state index is -0.310. The summed E-state index contributed by atoms with van der Waals surface area (Å²) in [5.41, 5.74) is 1.79. The molecule has 1 aromatic carbocycles. The fraction of sp³-hybridized carbons (Fsp3) is 0.609. The zero-order valence-corrected chi connectivity index (χ0v) is 17.8. The van der Waals surface area contributed by atoms with E-state index < -0.39 is 0 Å². The maximum Gasteiger partial charge on any atom is 0.310 e. The minimum absolute atomic E-state index is 0.0341. The molecule has 0 N–H and O–H groups in total. The summed E-state index contributed by atoms with van der Waals surface area (Å²) in [6.07, 6.45) is 7.17. The van der Waals surface area contributed by atoms with E-state index in [4.69, 9.17) is 4.74 Å². The Morgan fingerprint density at radius 3 is 2.83 bits per heavy atom. The van der Waals surface area contributed by atoms with Crippen LogP contribution in [0, 0.1) is 21.4 Å². The molecule has 7 nitrogen and oxygen atoms in total. The zero-order chi connectivity index (χ0) is 21.3. The van der Waals surface area contributed by atoms with E-state index in [1.54, 1.807) is 12.1 Å². The van der Waals surface area contributed by atoms with Crippen molar-refractivity contribution in [3.8, 4) is 0 Å². The Morgan fingerprint density at radius 2 is 2.17 bits per heavy atom. The summed E-state index contributed by atoms with van der Waals surface area (Å²) in [6.45, 7) is 6.91. The number of carbonyl (C=O) groups is 1. The normalized spacial score (nSPS) is 36.2. The molecule has 4 aliphatic rings. The number of carbonyl (C=O) groups excluding carboxylic acids is 1.